The van der Waals surface area contributed by atoms with Crippen molar-refractivity contribution in [1.29, 1.82) is 0 Å². The highest BCUT2D eigenvalue weighted by Crippen LogP contribution is 2.19. The summed E-state index contributed by atoms with van der Waals surface area (Å²) < 4.78 is 1.82. The van der Waals surface area contributed by atoms with Crippen LogP contribution < -0.4 is 5.73 Å². The number of anilines is 1. The van der Waals surface area contributed by atoms with E-state index in [1.165, 1.54) is 6.33 Å². The minimum absolute atomic E-state index is 0.527. The Kier molecular flexibility index (Phi) is 2.41. The number of nitrogens with two attached hydrogens (primary N) is 1. The second-order valence-electron chi connectivity index (χ2n) is 3.47. The van der Waals surface area contributed by atoms with Crippen molar-refractivity contribution in [2.24, 2.45) is 0 Å². The molecule has 15 heavy (non-hydrogen) atoms. The van der Waals surface area contributed by atoms with Crippen LogP contribution in [0.3, 0.4) is 0 Å². The first-order valence-electron chi connectivity index (χ1n) is 4.99. The van der Waals surface area contributed by atoms with E-state index in [0.29, 0.717) is 5.82 Å². The molecule has 2 rings (SSSR count). The summed E-state index contributed by atoms with van der Waals surface area (Å²) in [6.45, 7) is 4.11. The molecule has 0 spiro atoms. The van der Waals surface area contributed by atoms with Crippen molar-refractivity contribution in [2.45, 2.75) is 20.3 Å². The first-order valence-corrected chi connectivity index (χ1v) is 4.99. The first kappa shape index (κ1) is 9.71. The van der Waals surface area contributed by atoms with E-state index in [4.69, 9.17) is 5.73 Å². The smallest absolute Gasteiger partial charge is 0.151 e. The summed E-state index contributed by atoms with van der Waals surface area (Å²) in [5.74, 6) is 0.527. The molecule has 2 aromatic heterocycles. The third-order valence-electron chi connectivity index (χ3n) is 2.33. The van der Waals surface area contributed by atoms with Crippen molar-refractivity contribution in [2.75, 3.05) is 5.73 Å². The summed E-state index contributed by atoms with van der Waals surface area (Å²) in [5, 5.41) is 4.19. The molecular weight excluding hydrogens is 188 g/mol. The predicted molar refractivity (Wildman–Crippen MR) is 61.5 cm³/mol. The maximum atomic E-state index is 5.80. The average Bonchev–Trinajstić information content (AvgIpc) is 2.54. The van der Waals surface area contributed by atoms with Crippen LogP contribution in [0.5, 0.6) is 0 Å². The van der Waals surface area contributed by atoms with Gasteiger partial charge in [-0.2, -0.15) is 5.10 Å². The molecule has 0 amide bonds. The number of rotatable bonds is 2. The molecule has 0 fully saturated rings. The van der Waals surface area contributed by atoms with Crippen LogP contribution in [0.4, 0.5) is 5.82 Å². The van der Waals surface area contributed by atoms with Crippen molar-refractivity contribution >= 4 is 17.4 Å². The molecule has 2 heterocycles. The summed E-state index contributed by atoms with van der Waals surface area (Å²) in [4.78, 5) is 3.98. The highest BCUT2D eigenvalue weighted by molar-refractivity contribution is 5.73. The molecule has 0 aromatic carbocycles. The number of aromatic nitrogens is 3. The van der Waals surface area contributed by atoms with Crippen LogP contribution in [0.2, 0.25) is 0 Å². The molecule has 2 aromatic rings. The standard InChI is InChI=1S/C11H14N4/c1-3-4-5-9-6-8(2)10-11(12)13-7-14-15(9)10/h4-7H,3H2,1-2H3,(H2,12,13,14)/b5-4+. The molecule has 2 N–H and O–H groups in total. The third-order valence-corrected chi connectivity index (χ3v) is 2.33. The number of hydrogen-bond donors (Lipinski definition) is 1. The van der Waals surface area contributed by atoms with Crippen molar-refractivity contribution < 1.29 is 0 Å². The molecule has 0 unspecified atom stereocenters. The van der Waals surface area contributed by atoms with Crippen molar-refractivity contribution in [3.63, 3.8) is 0 Å². The van der Waals surface area contributed by atoms with Gasteiger partial charge in [0.2, 0.25) is 0 Å². The summed E-state index contributed by atoms with van der Waals surface area (Å²) >= 11 is 0. The van der Waals surface area contributed by atoms with Gasteiger partial charge in [0.1, 0.15) is 11.8 Å². The third kappa shape index (κ3) is 1.58. The van der Waals surface area contributed by atoms with E-state index >= 15 is 0 Å². The zero-order valence-electron chi connectivity index (χ0n) is 8.94. The van der Waals surface area contributed by atoms with E-state index in [2.05, 4.69) is 29.1 Å². The van der Waals surface area contributed by atoms with E-state index in [9.17, 15) is 0 Å². The highest BCUT2D eigenvalue weighted by atomic mass is 15.3. The molecule has 0 saturated carbocycles. The summed E-state index contributed by atoms with van der Waals surface area (Å²) in [7, 11) is 0. The number of nitrogen functional groups attached to an aromatic ring is 1. The fraction of sp³-hybridized carbons (Fsp3) is 0.273. The maximum Gasteiger partial charge on any atom is 0.151 e. The fourth-order valence-electron chi connectivity index (χ4n) is 1.64. The van der Waals surface area contributed by atoms with Crippen LogP contribution in [0, 0.1) is 6.92 Å². The predicted octanol–water partition coefficient (Wildman–Crippen LogP) is 2.04. The lowest BCUT2D eigenvalue weighted by molar-refractivity contribution is 0.897. The molecule has 0 radical (unpaired) electrons. The van der Waals surface area contributed by atoms with Gasteiger partial charge in [-0.1, -0.05) is 13.0 Å². The van der Waals surface area contributed by atoms with Crippen LogP contribution in [0.25, 0.3) is 11.6 Å². The number of fused-ring (bicyclic) bond motifs is 1. The van der Waals surface area contributed by atoms with E-state index in [-0.39, 0.29) is 0 Å². The molecule has 0 bridgehead atoms. The molecule has 4 nitrogen and oxygen atoms in total. The Morgan fingerprint density at radius 2 is 2.33 bits per heavy atom. The summed E-state index contributed by atoms with van der Waals surface area (Å²) in [6, 6.07) is 2.06. The quantitative estimate of drug-likeness (QED) is 0.810. The van der Waals surface area contributed by atoms with Crippen molar-refractivity contribution in [3.8, 4) is 0 Å². The topological polar surface area (TPSA) is 56.2 Å². The average molecular weight is 202 g/mol. The Morgan fingerprint density at radius 1 is 1.53 bits per heavy atom. The van der Waals surface area contributed by atoms with Crippen LogP contribution in [-0.4, -0.2) is 14.6 Å². The molecular formula is C11H14N4. The van der Waals surface area contributed by atoms with Crippen LogP contribution in [0.1, 0.15) is 24.6 Å². The Balaban J connectivity index is 2.68. The van der Waals surface area contributed by atoms with Gasteiger partial charge in [-0.15, -0.1) is 0 Å². The second-order valence-corrected chi connectivity index (χ2v) is 3.47. The normalized spacial score (nSPS) is 11.6. The van der Waals surface area contributed by atoms with Gasteiger partial charge in [0.05, 0.1) is 5.69 Å². The van der Waals surface area contributed by atoms with Gasteiger partial charge in [0, 0.05) is 0 Å². The fourth-order valence-corrected chi connectivity index (χ4v) is 1.64. The Morgan fingerprint density at radius 3 is 3.07 bits per heavy atom. The van der Waals surface area contributed by atoms with Gasteiger partial charge in [-0.3, -0.25) is 0 Å². The molecule has 0 aliphatic rings. The van der Waals surface area contributed by atoms with E-state index < -0.39 is 0 Å². The van der Waals surface area contributed by atoms with E-state index in [1.807, 2.05) is 17.5 Å². The number of aryl methyl sites for hydroxylation is 1. The van der Waals surface area contributed by atoms with Gasteiger partial charge in [-0.05, 0) is 31.1 Å². The minimum atomic E-state index is 0.527. The zero-order valence-corrected chi connectivity index (χ0v) is 8.94. The maximum absolute atomic E-state index is 5.80. The van der Waals surface area contributed by atoms with Crippen molar-refractivity contribution in [1.82, 2.24) is 14.6 Å². The monoisotopic (exact) mass is 202 g/mol. The highest BCUT2D eigenvalue weighted by Gasteiger charge is 2.07. The zero-order chi connectivity index (χ0) is 10.8. The molecule has 78 valence electrons. The van der Waals surface area contributed by atoms with Gasteiger partial charge < -0.3 is 5.73 Å². The minimum Gasteiger partial charge on any atom is -0.382 e. The van der Waals surface area contributed by atoms with E-state index in [1.54, 1.807) is 0 Å². The molecule has 0 aliphatic heterocycles. The number of allylic oxidation sites excluding steroid dienone is 1. The SMILES string of the molecule is CC/C=C/c1cc(C)c2c(N)ncnn12. The van der Waals surface area contributed by atoms with Crippen molar-refractivity contribution in [3.05, 3.63) is 29.7 Å². The first-order chi connectivity index (χ1) is 7.24. The lowest BCUT2D eigenvalue weighted by Gasteiger charge is -1.98. The molecule has 0 atom stereocenters. The molecule has 0 saturated heterocycles. The van der Waals surface area contributed by atoms with Gasteiger partial charge in [0.25, 0.3) is 0 Å². The Hall–Kier alpha value is -1.84. The van der Waals surface area contributed by atoms with Gasteiger partial charge in [-0.25, -0.2) is 9.50 Å². The summed E-state index contributed by atoms with van der Waals surface area (Å²) in [6.07, 6.45) is 6.63. The lowest BCUT2D eigenvalue weighted by Crippen LogP contribution is -2.00. The second kappa shape index (κ2) is 3.73. The molecule has 0 aliphatic carbocycles. The Labute approximate surface area is 88.4 Å². The van der Waals surface area contributed by atoms with E-state index in [0.717, 1.165) is 23.2 Å². The largest absolute Gasteiger partial charge is 0.382 e. The van der Waals surface area contributed by atoms with Gasteiger partial charge in [0.15, 0.2) is 5.82 Å². The number of hydrogen-bond acceptors (Lipinski definition) is 3. The van der Waals surface area contributed by atoms with Crippen LogP contribution in [-0.2, 0) is 0 Å². The van der Waals surface area contributed by atoms with Crippen LogP contribution in [0.15, 0.2) is 18.5 Å². The lowest BCUT2D eigenvalue weighted by atomic mass is 10.3. The summed E-state index contributed by atoms with van der Waals surface area (Å²) in [5.41, 5.74) is 8.84. The van der Waals surface area contributed by atoms with Gasteiger partial charge >= 0.3 is 0 Å². The number of nitrogens with zero attached hydrogens (tertiary/aromatic N) is 3. The molecule has 4 heteroatoms. The van der Waals surface area contributed by atoms with Crippen LogP contribution >= 0.6 is 0 Å². The Bertz CT molecular complexity index is 511.